The van der Waals surface area contributed by atoms with Crippen molar-refractivity contribution in [2.24, 2.45) is 5.73 Å². The number of hydrogen-bond donors (Lipinski definition) is 1. The third-order valence-corrected chi connectivity index (χ3v) is 3.47. The summed E-state index contributed by atoms with van der Waals surface area (Å²) < 4.78 is 24.0. The average molecular weight is 320 g/mol. The van der Waals surface area contributed by atoms with Gasteiger partial charge in [0, 0.05) is 19.8 Å². The van der Waals surface area contributed by atoms with Crippen LogP contribution in [0.25, 0.3) is 0 Å². The van der Waals surface area contributed by atoms with E-state index in [2.05, 4.69) is 15.9 Å². The van der Waals surface area contributed by atoms with Crippen LogP contribution in [0.1, 0.15) is 12.0 Å². The zero-order valence-electron chi connectivity index (χ0n) is 10.5. The van der Waals surface area contributed by atoms with Gasteiger partial charge < -0.3 is 15.2 Å². The highest BCUT2D eigenvalue weighted by atomic mass is 79.9. The van der Waals surface area contributed by atoms with Crippen LogP contribution in [0.2, 0.25) is 0 Å². The van der Waals surface area contributed by atoms with Gasteiger partial charge in [0.15, 0.2) is 0 Å². The Morgan fingerprint density at radius 2 is 2.11 bits per heavy atom. The molecule has 1 atom stereocenters. The summed E-state index contributed by atoms with van der Waals surface area (Å²) in [4.78, 5) is 0. The SMILES string of the molecule is COCCOCCC(N)Cc1cccc(F)c1Br. The van der Waals surface area contributed by atoms with Gasteiger partial charge in [0.2, 0.25) is 0 Å². The van der Waals surface area contributed by atoms with Gasteiger partial charge in [-0.2, -0.15) is 0 Å². The van der Waals surface area contributed by atoms with Crippen LogP contribution in [-0.4, -0.2) is 33.0 Å². The van der Waals surface area contributed by atoms with Gasteiger partial charge in [0.1, 0.15) is 5.82 Å². The van der Waals surface area contributed by atoms with Crippen LogP contribution < -0.4 is 5.73 Å². The highest BCUT2D eigenvalue weighted by Crippen LogP contribution is 2.21. The van der Waals surface area contributed by atoms with Gasteiger partial charge in [-0.05, 0) is 40.4 Å². The minimum atomic E-state index is -0.254. The molecule has 0 saturated carbocycles. The lowest BCUT2D eigenvalue weighted by Crippen LogP contribution is -2.25. The van der Waals surface area contributed by atoms with Gasteiger partial charge in [-0.1, -0.05) is 12.1 Å². The monoisotopic (exact) mass is 319 g/mol. The summed E-state index contributed by atoms with van der Waals surface area (Å²) in [5, 5.41) is 0. The van der Waals surface area contributed by atoms with Crippen molar-refractivity contribution in [3.63, 3.8) is 0 Å². The minimum Gasteiger partial charge on any atom is -0.382 e. The second-order valence-corrected chi connectivity index (χ2v) is 4.86. The lowest BCUT2D eigenvalue weighted by molar-refractivity contribution is 0.0672. The molecule has 0 spiro atoms. The first-order chi connectivity index (χ1) is 8.65. The van der Waals surface area contributed by atoms with Crippen molar-refractivity contribution in [3.05, 3.63) is 34.1 Å². The fraction of sp³-hybridized carbons (Fsp3) is 0.538. The predicted molar refractivity (Wildman–Crippen MR) is 73.1 cm³/mol. The molecule has 1 aromatic carbocycles. The molecular weight excluding hydrogens is 301 g/mol. The van der Waals surface area contributed by atoms with Crippen molar-refractivity contribution in [2.75, 3.05) is 26.9 Å². The predicted octanol–water partition coefficient (Wildman–Crippen LogP) is 2.51. The Morgan fingerprint density at radius 1 is 1.33 bits per heavy atom. The topological polar surface area (TPSA) is 44.5 Å². The summed E-state index contributed by atoms with van der Waals surface area (Å²) in [5.74, 6) is -0.254. The van der Waals surface area contributed by atoms with Crippen LogP contribution in [0.4, 0.5) is 4.39 Å². The molecule has 1 unspecified atom stereocenters. The molecule has 0 amide bonds. The van der Waals surface area contributed by atoms with Gasteiger partial charge in [-0.15, -0.1) is 0 Å². The highest BCUT2D eigenvalue weighted by molar-refractivity contribution is 9.10. The molecule has 5 heteroatoms. The summed E-state index contributed by atoms with van der Waals surface area (Å²) in [7, 11) is 1.64. The Hall–Kier alpha value is -0.490. The quantitative estimate of drug-likeness (QED) is 0.749. The van der Waals surface area contributed by atoms with E-state index in [1.165, 1.54) is 6.07 Å². The lowest BCUT2D eigenvalue weighted by Gasteiger charge is -2.13. The van der Waals surface area contributed by atoms with Crippen LogP contribution >= 0.6 is 15.9 Å². The van der Waals surface area contributed by atoms with E-state index in [-0.39, 0.29) is 11.9 Å². The Bertz CT molecular complexity index is 363. The van der Waals surface area contributed by atoms with Crippen LogP contribution in [0.15, 0.2) is 22.7 Å². The molecule has 1 aromatic rings. The van der Waals surface area contributed by atoms with E-state index in [1.807, 2.05) is 6.07 Å². The molecule has 0 bridgehead atoms. The van der Waals surface area contributed by atoms with Gasteiger partial charge >= 0.3 is 0 Å². The summed E-state index contributed by atoms with van der Waals surface area (Å²) in [6.07, 6.45) is 1.37. The molecule has 0 saturated heterocycles. The summed E-state index contributed by atoms with van der Waals surface area (Å²) >= 11 is 3.23. The molecule has 1 rings (SSSR count). The number of ether oxygens (including phenoxy) is 2. The number of benzene rings is 1. The van der Waals surface area contributed by atoms with E-state index in [1.54, 1.807) is 13.2 Å². The number of halogens is 2. The number of methoxy groups -OCH3 is 1. The molecule has 0 radical (unpaired) electrons. The fourth-order valence-corrected chi connectivity index (χ4v) is 2.00. The van der Waals surface area contributed by atoms with Crippen LogP contribution in [0, 0.1) is 5.82 Å². The van der Waals surface area contributed by atoms with Gasteiger partial charge in [0.25, 0.3) is 0 Å². The van der Waals surface area contributed by atoms with E-state index >= 15 is 0 Å². The molecule has 0 aliphatic rings. The first-order valence-electron chi connectivity index (χ1n) is 5.90. The number of hydrogen-bond acceptors (Lipinski definition) is 3. The van der Waals surface area contributed by atoms with Crippen LogP contribution in [0.5, 0.6) is 0 Å². The van der Waals surface area contributed by atoms with E-state index in [9.17, 15) is 4.39 Å². The molecule has 0 aliphatic heterocycles. The molecular formula is C13H19BrFNO2. The van der Waals surface area contributed by atoms with E-state index in [0.717, 1.165) is 12.0 Å². The Morgan fingerprint density at radius 3 is 2.83 bits per heavy atom. The average Bonchev–Trinajstić information content (AvgIpc) is 2.35. The van der Waals surface area contributed by atoms with Gasteiger partial charge in [0.05, 0.1) is 17.7 Å². The third-order valence-electron chi connectivity index (χ3n) is 2.58. The second-order valence-electron chi connectivity index (χ2n) is 4.07. The molecule has 3 nitrogen and oxygen atoms in total. The number of nitrogens with two attached hydrogens (primary N) is 1. The maximum absolute atomic E-state index is 13.3. The molecule has 18 heavy (non-hydrogen) atoms. The molecule has 2 N–H and O–H groups in total. The fourth-order valence-electron chi connectivity index (χ4n) is 1.57. The van der Waals surface area contributed by atoms with Crippen molar-refractivity contribution in [1.29, 1.82) is 0 Å². The zero-order valence-corrected chi connectivity index (χ0v) is 12.1. The number of rotatable bonds is 8. The molecule has 0 aliphatic carbocycles. The first-order valence-corrected chi connectivity index (χ1v) is 6.69. The van der Waals surface area contributed by atoms with Gasteiger partial charge in [-0.3, -0.25) is 0 Å². The highest BCUT2D eigenvalue weighted by Gasteiger charge is 2.09. The lowest BCUT2D eigenvalue weighted by atomic mass is 10.0. The standard InChI is InChI=1S/C13H19BrFNO2/c1-17-7-8-18-6-5-11(16)9-10-3-2-4-12(15)13(10)14/h2-4,11H,5-9,16H2,1H3. The Labute approximate surface area is 116 Å². The maximum atomic E-state index is 13.3. The largest absolute Gasteiger partial charge is 0.382 e. The van der Waals surface area contributed by atoms with Crippen molar-refractivity contribution < 1.29 is 13.9 Å². The smallest absolute Gasteiger partial charge is 0.137 e. The summed E-state index contributed by atoms with van der Waals surface area (Å²) in [6, 6.07) is 4.95. The molecule has 0 aromatic heterocycles. The van der Waals surface area contributed by atoms with E-state index in [4.69, 9.17) is 15.2 Å². The minimum absolute atomic E-state index is 0.0364. The molecule has 0 fully saturated rings. The van der Waals surface area contributed by atoms with Crippen molar-refractivity contribution in [1.82, 2.24) is 0 Å². The first kappa shape index (κ1) is 15.6. The van der Waals surface area contributed by atoms with Crippen molar-refractivity contribution in [2.45, 2.75) is 18.9 Å². The van der Waals surface area contributed by atoms with E-state index < -0.39 is 0 Å². The van der Waals surface area contributed by atoms with E-state index in [0.29, 0.717) is 30.7 Å². The third kappa shape index (κ3) is 5.44. The molecule has 0 heterocycles. The maximum Gasteiger partial charge on any atom is 0.137 e. The Kier molecular flexibility index (Phi) is 7.42. The normalized spacial score (nSPS) is 12.7. The van der Waals surface area contributed by atoms with Crippen molar-refractivity contribution >= 4 is 15.9 Å². The summed E-state index contributed by atoms with van der Waals surface area (Å²) in [5.41, 5.74) is 6.87. The second kappa shape index (κ2) is 8.58. The zero-order chi connectivity index (χ0) is 13.4. The van der Waals surface area contributed by atoms with Crippen molar-refractivity contribution in [3.8, 4) is 0 Å². The van der Waals surface area contributed by atoms with Crippen LogP contribution in [-0.2, 0) is 15.9 Å². The van der Waals surface area contributed by atoms with Crippen LogP contribution in [0.3, 0.4) is 0 Å². The van der Waals surface area contributed by atoms with Gasteiger partial charge in [-0.25, -0.2) is 4.39 Å². The molecule has 102 valence electrons. The Balaban J connectivity index is 2.31. The summed E-state index contributed by atoms with van der Waals surface area (Å²) in [6.45, 7) is 1.76.